The molecule has 0 fully saturated rings. The lowest BCUT2D eigenvalue weighted by Gasteiger charge is -2.04. The highest BCUT2D eigenvalue weighted by molar-refractivity contribution is 7.98. The molecule has 3 aromatic rings. The fourth-order valence-electron chi connectivity index (χ4n) is 3.14. The van der Waals surface area contributed by atoms with Crippen LogP contribution in [-0.2, 0) is 29.9 Å². The molecule has 3 aromatic heterocycles. The predicted octanol–water partition coefficient (Wildman–Crippen LogP) is 3.01. The monoisotopic (exact) mass is 389 g/mol. The molecule has 0 spiro atoms. The predicted molar refractivity (Wildman–Crippen MR) is 104 cm³/mol. The number of hydrogen-bond acceptors (Lipinski definition) is 6. The topological polar surface area (TPSA) is 88.0 Å². The molecule has 0 aromatic carbocycles. The Bertz CT molecular complexity index is 976. The van der Waals surface area contributed by atoms with Gasteiger partial charge in [-0.25, -0.2) is 4.98 Å². The number of rotatable bonds is 7. The quantitative estimate of drug-likeness (QED) is 0.607. The van der Waals surface area contributed by atoms with Crippen molar-refractivity contribution >= 4 is 39.2 Å². The molecule has 0 unspecified atom stereocenters. The summed E-state index contributed by atoms with van der Waals surface area (Å²) in [7, 11) is 0. The number of aromatic nitrogens is 2. The number of thiophene rings is 1. The van der Waals surface area contributed by atoms with Crippen LogP contribution in [-0.4, -0.2) is 21.6 Å². The van der Waals surface area contributed by atoms with E-state index in [0.29, 0.717) is 30.3 Å². The first-order valence-electron chi connectivity index (χ1n) is 8.61. The molecule has 26 heavy (non-hydrogen) atoms. The number of hydrogen-bond donors (Lipinski definition) is 2. The number of thioether (sulfide) groups is 1. The molecule has 4 rings (SSSR count). The fourth-order valence-corrected chi connectivity index (χ4v) is 5.22. The van der Waals surface area contributed by atoms with Gasteiger partial charge in [-0.3, -0.25) is 9.59 Å². The average molecular weight is 390 g/mol. The Morgan fingerprint density at radius 3 is 3.19 bits per heavy atom. The van der Waals surface area contributed by atoms with Crippen molar-refractivity contribution in [3.8, 4) is 0 Å². The standard InChI is InChI=1S/C18H19N3O3S2/c22-15(19-9-11-3-2-7-24-11)6-8-25-10-14-20-17(23)16-12-4-1-5-13(12)26-18(16)21-14/h2-3,7H,1,4-6,8-10H2,(H,19,22)(H,20,21,23). The molecule has 3 heterocycles. The first kappa shape index (κ1) is 17.4. The number of carbonyl (C=O) groups is 1. The number of amides is 1. The Kier molecular flexibility index (Phi) is 5.12. The van der Waals surface area contributed by atoms with Crippen LogP contribution in [0.1, 0.15) is 34.9 Å². The highest BCUT2D eigenvalue weighted by atomic mass is 32.2. The van der Waals surface area contributed by atoms with E-state index in [2.05, 4.69) is 15.3 Å². The summed E-state index contributed by atoms with van der Waals surface area (Å²) in [6.07, 6.45) is 5.19. The van der Waals surface area contributed by atoms with Gasteiger partial charge < -0.3 is 14.7 Å². The second-order valence-corrected chi connectivity index (χ2v) is 8.40. The molecule has 6 nitrogen and oxygen atoms in total. The average Bonchev–Trinajstić information content (AvgIpc) is 3.33. The van der Waals surface area contributed by atoms with Crippen LogP contribution in [0.3, 0.4) is 0 Å². The van der Waals surface area contributed by atoms with Crippen molar-refractivity contribution in [1.29, 1.82) is 0 Å². The molecular formula is C18H19N3O3S2. The van der Waals surface area contributed by atoms with Crippen molar-refractivity contribution in [2.24, 2.45) is 0 Å². The highest BCUT2D eigenvalue weighted by Gasteiger charge is 2.21. The summed E-state index contributed by atoms with van der Waals surface area (Å²) < 4.78 is 5.18. The van der Waals surface area contributed by atoms with Crippen molar-refractivity contribution in [3.05, 3.63) is 50.8 Å². The van der Waals surface area contributed by atoms with Crippen LogP contribution in [0.15, 0.2) is 27.6 Å². The van der Waals surface area contributed by atoms with E-state index in [-0.39, 0.29) is 11.5 Å². The number of furan rings is 1. The second kappa shape index (κ2) is 7.67. The number of carbonyl (C=O) groups excluding carboxylic acids is 1. The minimum absolute atomic E-state index is 0.0134. The molecule has 0 radical (unpaired) electrons. The van der Waals surface area contributed by atoms with Crippen LogP contribution in [0.25, 0.3) is 10.2 Å². The minimum atomic E-state index is -0.0267. The Morgan fingerprint density at radius 1 is 1.42 bits per heavy atom. The van der Waals surface area contributed by atoms with Crippen LogP contribution < -0.4 is 10.9 Å². The second-order valence-electron chi connectivity index (χ2n) is 6.21. The third-order valence-corrected chi connectivity index (χ3v) is 6.53. The minimum Gasteiger partial charge on any atom is -0.467 e. The van der Waals surface area contributed by atoms with Gasteiger partial charge in [0.2, 0.25) is 5.91 Å². The van der Waals surface area contributed by atoms with Crippen LogP contribution in [0.2, 0.25) is 0 Å². The third-order valence-electron chi connectivity index (χ3n) is 4.38. The van der Waals surface area contributed by atoms with E-state index in [1.165, 1.54) is 10.4 Å². The maximum atomic E-state index is 12.4. The van der Waals surface area contributed by atoms with E-state index < -0.39 is 0 Å². The maximum absolute atomic E-state index is 12.4. The van der Waals surface area contributed by atoms with E-state index >= 15 is 0 Å². The molecule has 136 valence electrons. The smallest absolute Gasteiger partial charge is 0.259 e. The number of H-pyrrole nitrogens is 1. The van der Waals surface area contributed by atoms with Gasteiger partial charge in [0.05, 0.1) is 23.9 Å². The zero-order valence-corrected chi connectivity index (χ0v) is 15.8. The molecule has 0 atom stereocenters. The van der Waals surface area contributed by atoms with E-state index in [1.54, 1.807) is 35.4 Å². The van der Waals surface area contributed by atoms with Gasteiger partial charge in [0.25, 0.3) is 5.56 Å². The molecule has 2 N–H and O–H groups in total. The summed E-state index contributed by atoms with van der Waals surface area (Å²) in [4.78, 5) is 33.9. The van der Waals surface area contributed by atoms with Crippen LogP contribution >= 0.6 is 23.1 Å². The van der Waals surface area contributed by atoms with Crippen molar-refractivity contribution in [2.75, 3.05) is 5.75 Å². The van der Waals surface area contributed by atoms with E-state index in [0.717, 1.165) is 35.2 Å². The van der Waals surface area contributed by atoms with Gasteiger partial charge in [-0.2, -0.15) is 11.8 Å². The molecule has 1 amide bonds. The lowest BCUT2D eigenvalue weighted by molar-refractivity contribution is -0.120. The summed E-state index contributed by atoms with van der Waals surface area (Å²) in [5.74, 6) is 2.68. The molecule has 0 saturated carbocycles. The van der Waals surface area contributed by atoms with Crippen molar-refractivity contribution < 1.29 is 9.21 Å². The normalized spacial score (nSPS) is 13.2. The van der Waals surface area contributed by atoms with Gasteiger partial charge in [-0.1, -0.05) is 0 Å². The van der Waals surface area contributed by atoms with Crippen molar-refractivity contribution in [1.82, 2.24) is 15.3 Å². The fraction of sp³-hybridized carbons (Fsp3) is 0.389. The molecule has 0 bridgehead atoms. The van der Waals surface area contributed by atoms with Gasteiger partial charge in [0.1, 0.15) is 16.4 Å². The number of fused-ring (bicyclic) bond motifs is 3. The molecule has 8 heteroatoms. The zero-order valence-electron chi connectivity index (χ0n) is 14.2. The van der Waals surface area contributed by atoms with Crippen LogP contribution in [0.4, 0.5) is 0 Å². The Balaban J connectivity index is 1.28. The number of aromatic amines is 1. The van der Waals surface area contributed by atoms with Gasteiger partial charge in [0.15, 0.2) is 0 Å². The largest absolute Gasteiger partial charge is 0.467 e. The van der Waals surface area contributed by atoms with Gasteiger partial charge in [-0.05, 0) is 37.0 Å². The lowest BCUT2D eigenvalue weighted by Crippen LogP contribution is -2.22. The Morgan fingerprint density at radius 2 is 2.35 bits per heavy atom. The van der Waals surface area contributed by atoms with Crippen LogP contribution in [0.5, 0.6) is 0 Å². The maximum Gasteiger partial charge on any atom is 0.259 e. The molecule has 1 aliphatic rings. The summed E-state index contributed by atoms with van der Waals surface area (Å²) in [6, 6.07) is 3.62. The first-order valence-corrected chi connectivity index (χ1v) is 10.6. The van der Waals surface area contributed by atoms with Crippen LogP contribution in [0, 0.1) is 0 Å². The number of aryl methyl sites for hydroxylation is 2. The zero-order chi connectivity index (χ0) is 17.9. The molecule has 1 aliphatic carbocycles. The van der Waals surface area contributed by atoms with Crippen molar-refractivity contribution in [2.45, 2.75) is 38.0 Å². The molecule has 0 saturated heterocycles. The Labute approximate surface area is 158 Å². The van der Waals surface area contributed by atoms with Gasteiger partial charge in [0, 0.05) is 17.1 Å². The summed E-state index contributed by atoms with van der Waals surface area (Å²) in [5, 5.41) is 3.61. The van der Waals surface area contributed by atoms with E-state index in [9.17, 15) is 9.59 Å². The highest BCUT2D eigenvalue weighted by Crippen LogP contribution is 2.34. The van der Waals surface area contributed by atoms with E-state index in [4.69, 9.17) is 4.42 Å². The lowest BCUT2D eigenvalue weighted by atomic mass is 10.2. The number of nitrogens with one attached hydrogen (secondary N) is 2. The number of nitrogens with zero attached hydrogens (tertiary/aromatic N) is 1. The molecule has 0 aliphatic heterocycles. The summed E-state index contributed by atoms with van der Waals surface area (Å²) in [6.45, 7) is 0.408. The summed E-state index contributed by atoms with van der Waals surface area (Å²) in [5.41, 5.74) is 1.17. The Hall–Kier alpha value is -2.06. The van der Waals surface area contributed by atoms with Gasteiger partial charge in [-0.15, -0.1) is 11.3 Å². The first-order chi connectivity index (χ1) is 12.7. The van der Waals surface area contributed by atoms with Crippen molar-refractivity contribution in [3.63, 3.8) is 0 Å². The molecular weight excluding hydrogens is 370 g/mol. The third kappa shape index (κ3) is 3.71. The van der Waals surface area contributed by atoms with Gasteiger partial charge >= 0.3 is 0 Å². The SMILES string of the molecule is O=C(CCSCc1nc2sc3c(c2c(=O)[nH]1)CCC3)NCc1ccco1. The van der Waals surface area contributed by atoms with E-state index in [1.807, 2.05) is 6.07 Å². The summed E-state index contributed by atoms with van der Waals surface area (Å²) >= 11 is 3.24.